The highest BCUT2D eigenvalue weighted by Crippen LogP contribution is 2.48. The van der Waals surface area contributed by atoms with Gasteiger partial charge in [-0.25, -0.2) is 4.79 Å². The van der Waals surface area contributed by atoms with E-state index in [1.807, 2.05) is 24.3 Å². The molecule has 3 rings (SSSR count). The van der Waals surface area contributed by atoms with Gasteiger partial charge in [0.1, 0.15) is 0 Å². The van der Waals surface area contributed by atoms with Crippen LogP contribution in [0.5, 0.6) is 0 Å². The van der Waals surface area contributed by atoms with Crippen molar-refractivity contribution in [1.29, 1.82) is 0 Å². The number of carboxylic acid groups (broad SMARTS) is 1. The van der Waals surface area contributed by atoms with Crippen molar-refractivity contribution >= 4 is 27.9 Å². The van der Waals surface area contributed by atoms with Gasteiger partial charge in [0, 0.05) is 24.1 Å². The highest BCUT2D eigenvalue weighted by atomic mass is 79.9. The minimum atomic E-state index is -0.752. The maximum absolute atomic E-state index is 12.3. The van der Waals surface area contributed by atoms with Gasteiger partial charge in [0.15, 0.2) is 0 Å². The van der Waals surface area contributed by atoms with Gasteiger partial charge < -0.3 is 15.3 Å². The number of likely N-dealkylation sites (tertiary alicyclic amines) is 1. The van der Waals surface area contributed by atoms with Gasteiger partial charge in [0.2, 0.25) is 0 Å². The molecular formula is C16H19BrN2O3. The summed E-state index contributed by atoms with van der Waals surface area (Å²) in [6, 6.07) is 7.59. The Labute approximate surface area is 137 Å². The van der Waals surface area contributed by atoms with Gasteiger partial charge in [-0.15, -0.1) is 0 Å². The molecule has 2 atom stereocenters. The summed E-state index contributed by atoms with van der Waals surface area (Å²) in [6.07, 6.45) is 2.54. The number of halogens is 1. The molecule has 1 aromatic rings. The number of hydrogen-bond donors (Lipinski definition) is 2. The van der Waals surface area contributed by atoms with Crippen molar-refractivity contribution in [3.8, 4) is 0 Å². The number of benzene rings is 1. The fourth-order valence-corrected chi connectivity index (χ4v) is 3.95. The van der Waals surface area contributed by atoms with Crippen LogP contribution in [0.25, 0.3) is 0 Å². The first-order chi connectivity index (χ1) is 10.5. The zero-order valence-electron chi connectivity index (χ0n) is 12.2. The Kier molecular flexibility index (Phi) is 4.12. The average molecular weight is 367 g/mol. The Morgan fingerprint density at radius 2 is 2.09 bits per heavy atom. The second-order valence-electron chi connectivity index (χ2n) is 6.22. The molecule has 22 heavy (non-hydrogen) atoms. The van der Waals surface area contributed by atoms with Crippen molar-refractivity contribution in [2.24, 2.45) is 11.3 Å². The summed E-state index contributed by atoms with van der Waals surface area (Å²) >= 11 is 3.38. The highest BCUT2D eigenvalue weighted by molar-refractivity contribution is 9.10. The molecule has 0 radical (unpaired) electrons. The molecule has 5 nitrogen and oxygen atoms in total. The van der Waals surface area contributed by atoms with E-state index in [0.717, 1.165) is 22.9 Å². The number of nitrogens with zero attached hydrogens (tertiary/aromatic N) is 1. The predicted octanol–water partition coefficient (Wildman–Crippen LogP) is 2.85. The van der Waals surface area contributed by atoms with E-state index in [9.17, 15) is 14.7 Å². The van der Waals surface area contributed by atoms with E-state index in [-0.39, 0.29) is 11.9 Å². The number of rotatable bonds is 3. The van der Waals surface area contributed by atoms with E-state index < -0.39 is 11.4 Å². The second kappa shape index (κ2) is 5.91. The molecule has 1 saturated heterocycles. The van der Waals surface area contributed by atoms with Crippen LogP contribution in [0, 0.1) is 11.3 Å². The SMILES string of the molecule is O=C(NCc1ccc(Br)cc1)N1C[C@@H]2CCC[C@@]2(C(=O)O)C1. The lowest BCUT2D eigenvalue weighted by Gasteiger charge is -2.23. The number of carboxylic acids is 1. The molecule has 2 aliphatic rings. The summed E-state index contributed by atoms with van der Waals surface area (Å²) in [6.45, 7) is 1.34. The molecule has 0 aromatic heterocycles. The van der Waals surface area contributed by atoms with Crippen molar-refractivity contribution < 1.29 is 14.7 Å². The molecule has 1 saturated carbocycles. The standard InChI is InChI=1S/C16H19BrN2O3/c17-13-5-3-11(4-6-13)8-18-15(22)19-9-12-2-1-7-16(12,10-19)14(20)21/h3-6,12H,1-2,7-10H2,(H,18,22)(H,20,21)/t12-,16+/m0/s1. The first-order valence-corrected chi connectivity index (χ1v) is 8.31. The molecule has 0 spiro atoms. The van der Waals surface area contributed by atoms with Gasteiger partial charge in [-0.3, -0.25) is 4.79 Å². The van der Waals surface area contributed by atoms with E-state index in [1.54, 1.807) is 4.90 Å². The molecule has 0 bridgehead atoms. The third kappa shape index (κ3) is 2.72. The molecule has 1 aliphatic carbocycles. The number of fused-ring (bicyclic) bond motifs is 1. The van der Waals surface area contributed by atoms with Crippen LogP contribution in [0.2, 0.25) is 0 Å². The molecule has 2 amide bonds. The van der Waals surface area contributed by atoms with Gasteiger partial charge in [-0.2, -0.15) is 0 Å². The number of aliphatic carboxylic acids is 1. The Hall–Kier alpha value is -1.56. The highest BCUT2D eigenvalue weighted by Gasteiger charge is 2.55. The van der Waals surface area contributed by atoms with Crippen LogP contribution in [0.15, 0.2) is 28.7 Å². The molecule has 2 fully saturated rings. The summed E-state index contributed by atoms with van der Waals surface area (Å²) in [5, 5.41) is 12.4. The van der Waals surface area contributed by atoms with Gasteiger partial charge in [-0.1, -0.05) is 34.5 Å². The number of carbonyl (C=O) groups excluding carboxylic acids is 1. The van der Waals surface area contributed by atoms with Crippen LogP contribution in [0.1, 0.15) is 24.8 Å². The van der Waals surface area contributed by atoms with Gasteiger partial charge in [0.25, 0.3) is 0 Å². The monoisotopic (exact) mass is 366 g/mol. The molecule has 1 heterocycles. The largest absolute Gasteiger partial charge is 0.481 e. The third-order valence-electron chi connectivity index (χ3n) is 4.94. The van der Waals surface area contributed by atoms with Crippen molar-refractivity contribution in [2.45, 2.75) is 25.8 Å². The minimum absolute atomic E-state index is 0.100. The molecule has 1 aliphatic heterocycles. The van der Waals surface area contributed by atoms with E-state index in [2.05, 4.69) is 21.2 Å². The lowest BCUT2D eigenvalue weighted by atomic mass is 9.81. The van der Waals surface area contributed by atoms with E-state index in [1.165, 1.54) is 0 Å². The molecule has 2 N–H and O–H groups in total. The lowest BCUT2D eigenvalue weighted by Crippen LogP contribution is -2.41. The van der Waals surface area contributed by atoms with Crippen LogP contribution >= 0.6 is 15.9 Å². The van der Waals surface area contributed by atoms with Crippen molar-refractivity contribution in [2.75, 3.05) is 13.1 Å². The predicted molar refractivity (Wildman–Crippen MR) is 85.4 cm³/mol. The number of hydrogen-bond acceptors (Lipinski definition) is 2. The third-order valence-corrected chi connectivity index (χ3v) is 5.47. The molecule has 118 valence electrons. The number of carbonyl (C=O) groups is 2. The summed E-state index contributed by atoms with van der Waals surface area (Å²) in [7, 11) is 0. The lowest BCUT2D eigenvalue weighted by molar-refractivity contribution is -0.149. The van der Waals surface area contributed by atoms with Gasteiger partial charge in [-0.05, 0) is 36.5 Å². The number of urea groups is 1. The summed E-state index contributed by atoms with van der Waals surface area (Å²) in [4.78, 5) is 25.6. The zero-order chi connectivity index (χ0) is 15.7. The summed E-state index contributed by atoms with van der Waals surface area (Å²) in [5.74, 6) is -0.651. The van der Waals surface area contributed by atoms with Crippen molar-refractivity contribution in [1.82, 2.24) is 10.2 Å². The smallest absolute Gasteiger partial charge is 0.317 e. The minimum Gasteiger partial charge on any atom is -0.481 e. The Bertz CT molecular complexity index is 590. The fourth-order valence-electron chi connectivity index (χ4n) is 3.69. The summed E-state index contributed by atoms with van der Waals surface area (Å²) in [5.41, 5.74) is 0.304. The Morgan fingerprint density at radius 3 is 2.73 bits per heavy atom. The number of amides is 2. The fraction of sp³-hybridized carbons (Fsp3) is 0.500. The maximum atomic E-state index is 12.3. The van der Waals surface area contributed by atoms with Crippen molar-refractivity contribution in [3.05, 3.63) is 34.3 Å². The van der Waals surface area contributed by atoms with E-state index in [4.69, 9.17) is 0 Å². The molecular weight excluding hydrogens is 348 g/mol. The quantitative estimate of drug-likeness (QED) is 0.863. The van der Waals surface area contributed by atoms with E-state index in [0.29, 0.717) is 26.1 Å². The van der Waals surface area contributed by atoms with Crippen molar-refractivity contribution in [3.63, 3.8) is 0 Å². The molecule has 1 aromatic carbocycles. The topological polar surface area (TPSA) is 69.6 Å². The summed E-state index contributed by atoms with van der Waals surface area (Å²) < 4.78 is 0.998. The second-order valence-corrected chi connectivity index (χ2v) is 7.13. The van der Waals surface area contributed by atoms with E-state index >= 15 is 0 Å². The first-order valence-electron chi connectivity index (χ1n) is 7.52. The molecule has 6 heteroatoms. The van der Waals surface area contributed by atoms with Gasteiger partial charge >= 0.3 is 12.0 Å². The Balaban J connectivity index is 1.60. The van der Waals surface area contributed by atoms with Crippen LogP contribution in [-0.4, -0.2) is 35.1 Å². The van der Waals surface area contributed by atoms with Crippen LogP contribution in [0.3, 0.4) is 0 Å². The first kappa shape index (κ1) is 15.3. The number of nitrogens with one attached hydrogen (secondary N) is 1. The normalized spacial score (nSPS) is 26.8. The van der Waals surface area contributed by atoms with Crippen LogP contribution < -0.4 is 5.32 Å². The van der Waals surface area contributed by atoms with Gasteiger partial charge in [0.05, 0.1) is 5.41 Å². The average Bonchev–Trinajstić information content (AvgIpc) is 3.04. The Morgan fingerprint density at radius 1 is 1.36 bits per heavy atom. The molecule has 0 unspecified atom stereocenters. The van der Waals surface area contributed by atoms with Crippen LogP contribution in [0.4, 0.5) is 4.79 Å². The zero-order valence-corrected chi connectivity index (χ0v) is 13.8. The maximum Gasteiger partial charge on any atom is 0.317 e. The van der Waals surface area contributed by atoms with Crippen LogP contribution in [-0.2, 0) is 11.3 Å².